The maximum Gasteiger partial charge on any atom is 0.125 e. The third-order valence-corrected chi connectivity index (χ3v) is 4.38. The van der Waals surface area contributed by atoms with E-state index in [0.29, 0.717) is 17.6 Å². The summed E-state index contributed by atoms with van der Waals surface area (Å²) >= 11 is 5.95. The molecule has 20 heavy (non-hydrogen) atoms. The summed E-state index contributed by atoms with van der Waals surface area (Å²) in [6.45, 7) is 2.45. The van der Waals surface area contributed by atoms with Crippen molar-refractivity contribution in [3.8, 4) is 0 Å². The Morgan fingerprint density at radius 1 is 1.35 bits per heavy atom. The van der Waals surface area contributed by atoms with Gasteiger partial charge in [-0.3, -0.25) is 4.90 Å². The van der Waals surface area contributed by atoms with Crippen molar-refractivity contribution >= 4 is 11.6 Å². The molecule has 1 aliphatic heterocycles. The SMILES string of the molecule is CN(C)C1CCN(C(CN)c2cc(F)cc(Cl)c2)CC1. The van der Waals surface area contributed by atoms with E-state index in [1.54, 1.807) is 6.07 Å². The zero-order valence-corrected chi connectivity index (χ0v) is 12.9. The number of hydrogen-bond acceptors (Lipinski definition) is 3. The first-order chi connectivity index (χ1) is 9.51. The van der Waals surface area contributed by atoms with Crippen LogP contribution in [0, 0.1) is 5.82 Å². The summed E-state index contributed by atoms with van der Waals surface area (Å²) in [5.74, 6) is -0.297. The quantitative estimate of drug-likeness (QED) is 0.927. The van der Waals surface area contributed by atoms with E-state index >= 15 is 0 Å². The predicted molar refractivity (Wildman–Crippen MR) is 81.5 cm³/mol. The largest absolute Gasteiger partial charge is 0.329 e. The fourth-order valence-electron chi connectivity index (χ4n) is 2.98. The minimum absolute atomic E-state index is 0.0475. The van der Waals surface area contributed by atoms with Crippen LogP contribution < -0.4 is 5.73 Å². The first-order valence-electron chi connectivity index (χ1n) is 7.07. The van der Waals surface area contributed by atoms with Gasteiger partial charge in [0.05, 0.1) is 0 Å². The summed E-state index contributed by atoms with van der Waals surface area (Å²) in [6.07, 6.45) is 2.24. The van der Waals surface area contributed by atoms with Crippen LogP contribution in [0.2, 0.25) is 5.02 Å². The minimum atomic E-state index is -0.297. The van der Waals surface area contributed by atoms with Crippen LogP contribution in [-0.2, 0) is 0 Å². The first-order valence-corrected chi connectivity index (χ1v) is 7.45. The van der Waals surface area contributed by atoms with Gasteiger partial charge in [-0.2, -0.15) is 0 Å². The second-order valence-electron chi connectivity index (χ2n) is 5.69. The molecule has 1 fully saturated rings. The molecule has 1 aromatic rings. The summed E-state index contributed by atoms with van der Waals surface area (Å²) in [7, 11) is 4.24. The van der Waals surface area contributed by atoms with E-state index in [9.17, 15) is 4.39 Å². The topological polar surface area (TPSA) is 32.5 Å². The summed E-state index contributed by atoms with van der Waals surface area (Å²) < 4.78 is 13.5. The first kappa shape index (κ1) is 15.7. The Hall–Kier alpha value is -0.680. The molecule has 1 aromatic carbocycles. The van der Waals surface area contributed by atoms with Crippen LogP contribution in [0.3, 0.4) is 0 Å². The highest BCUT2D eigenvalue weighted by molar-refractivity contribution is 6.30. The molecule has 1 heterocycles. The van der Waals surface area contributed by atoms with Gasteiger partial charge in [-0.25, -0.2) is 4.39 Å². The lowest BCUT2D eigenvalue weighted by atomic mass is 9.98. The van der Waals surface area contributed by atoms with Gasteiger partial charge in [-0.15, -0.1) is 0 Å². The number of piperidine rings is 1. The molecule has 0 aliphatic carbocycles. The highest BCUT2D eigenvalue weighted by Gasteiger charge is 2.26. The molecule has 0 spiro atoms. The molecule has 0 amide bonds. The van der Waals surface area contributed by atoms with Crippen molar-refractivity contribution in [1.29, 1.82) is 0 Å². The third kappa shape index (κ3) is 3.70. The average Bonchev–Trinajstić information content (AvgIpc) is 2.39. The van der Waals surface area contributed by atoms with Crippen LogP contribution in [0.25, 0.3) is 0 Å². The van der Waals surface area contributed by atoms with Crippen molar-refractivity contribution in [2.45, 2.75) is 24.9 Å². The maximum absolute atomic E-state index is 13.5. The van der Waals surface area contributed by atoms with Crippen LogP contribution in [0.5, 0.6) is 0 Å². The van der Waals surface area contributed by atoms with Gasteiger partial charge in [0.15, 0.2) is 0 Å². The van der Waals surface area contributed by atoms with Crippen molar-refractivity contribution < 1.29 is 4.39 Å². The number of rotatable bonds is 4. The van der Waals surface area contributed by atoms with E-state index in [-0.39, 0.29) is 11.9 Å². The standard InChI is InChI=1S/C15H23ClFN3/c1-19(2)14-3-5-20(6-4-14)15(10-18)11-7-12(16)9-13(17)8-11/h7-9,14-15H,3-6,10,18H2,1-2H3. The molecule has 5 heteroatoms. The summed E-state index contributed by atoms with van der Waals surface area (Å²) in [4.78, 5) is 4.61. The van der Waals surface area contributed by atoms with Gasteiger partial charge in [-0.05, 0) is 50.7 Å². The number of halogens is 2. The molecule has 2 N–H and O–H groups in total. The Bertz CT molecular complexity index is 424. The molecule has 0 aromatic heterocycles. The lowest BCUT2D eigenvalue weighted by molar-refractivity contribution is 0.110. The molecule has 0 saturated carbocycles. The number of nitrogens with zero attached hydrogens (tertiary/aromatic N) is 2. The second kappa shape index (κ2) is 6.85. The van der Waals surface area contributed by atoms with Gasteiger partial charge in [0.2, 0.25) is 0 Å². The lowest BCUT2D eigenvalue weighted by Crippen LogP contribution is -2.45. The molecule has 2 rings (SSSR count). The Labute approximate surface area is 125 Å². The molecule has 112 valence electrons. The van der Waals surface area contributed by atoms with E-state index in [1.165, 1.54) is 6.07 Å². The Balaban J connectivity index is 2.09. The number of hydrogen-bond donors (Lipinski definition) is 1. The molecule has 1 atom stereocenters. The predicted octanol–water partition coefficient (Wildman–Crippen LogP) is 2.50. The second-order valence-corrected chi connectivity index (χ2v) is 6.12. The summed E-state index contributed by atoms with van der Waals surface area (Å²) in [6, 6.07) is 5.37. The third-order valence-electron chi connectivity index (χ3n) is 4.16. The minimum Gasteiger partial charge on any atom is -0.329 e. The Morgan fingerprint density at radius 3 is 2.50 bits per heavy atom. The summed E-state index contributed by atoms with van der Waals surface area (Å²) in [5, 5.41) is 0.432. The van der Waals surface area contributed by atoms with Gasteiger partial charge in [0.25, 0.3) is 0 Å². The molecule has 0 radical (unpaired) electrons. The fourth-order valence-corrected chi connectivity index (χ4v) is 3.21. The average molecular weight is 300 g/mol. The van der Waals surface area contributed by atoms with E-state index in [0.717, 1.165) is 31.5 Å². The van der Waals surface area contributed by atoms with Crippen molar-refractivity contribution in [2.75, 3.05) is 33.7 Å². The molecule has 1 aliphatic rings. The zero-order valence-electron chi connectivity index (χ0n) is 12.1. The smallest absolute Gasteiger partial charge is 0.125 e. The van der Waals surface area contributed by atoms with E-state index in [1.807, 2.05) is 6.07 Å². The van der Waals surface area contributed by atoms with Crippen LogP contribution in [0.1, 0.15) is 24.4 Å². The molecule has 1 saturated heterocycles. The van der Waals surface area contributed by atoms with Crippen LogP contribution in [0.15, 0.2) is 18.2 Å². The van der Waals surface area contributed by atoms with Gasteiger partial charge >= 0.3 is 0 Å². The van der Waals surface area contributed by atoms with Crippen LogP contribution >= 0.6 is 11.6 Å². The van der Waals surface area contributed by atoms with E-state index < -0.39 is 0 Å². The maximum atomic E-state index is 13.5. The van der Waals surface area contributed by atoms with Gasteiger partial charge in [0, 0.05) is 36.7 Å². The van der Waals surface area contributed by atoms with Crippen molar-refractivity contribution in [1.82, 2.24) is 9.80 Å². The van der Waals surface area contributed by atoms with E-state index in [2.05, 4.69) is 23.9 Å². The number of nitrogens with two attached hydrogens (primary N) is 1. The molecule has 0 bridgehead atoms. The molecular formula is C15H23ClFN3. The normalized spacial score (nSPS) is 19.5. The molecule has 3 nitrogen and oxygen atoms in total. The summed E-state index contributed by atoms with van der Waals surface area (Å²) in [5.41, 5.74) is 6.79. The zero-order chi connectivity index (χ0) is 14.7. The molecular weight excluding hydrogens is 277 g/mol. The van der Waals surface area contributed by atoms with Crippen LogP contribution in [0.4, 0.5) is 4.39 Å². The number of likely N-dealkylation sites (tertiary alicyclic amines) is 1. The monoisotopic (exact) mass is 299 g/mol. The van der Waals surface area contributed by atoms with Crippen molar-refractivity contribution in [2.24, 2.45) is 5.73 Å². The van der Waals surface area contributed by atoms with Crippen molar-refractivity contribution in [3.63, 3.8) is 0 Å². The highest BCUT2D eigenvalue weighted by atomic mass is 35.5. The fraction of sp³-hybridized carbons (Fsp3) is 0.600. The highest BCUT2D eigenvalue weighted by Crippen LogP contribution is 2.27. The number of benzene rings is 1. The Kier molecular flexibility index (Phi) is 5.38. The molecule has 1 unspecified atom stereocenters. The van der Waals surface area contributed by atoms with Crippen LogP contribution in [-0.4, -0.2) is 49.6 Å². The van der Waals surface area contributed by atoms with Gasteiger partial charge in [-0.1, -0.05) is 11.6 Å². The van der Waals surface area contributed by atoms with Gasteiger partial charge in [0.1, 0.15) is 5.82 Å². The van der Waals surface area contributed by atoms with Gasteiger partial charge < -0.3 is 10.6 Å². The van der Waals surface area contributed by atoms with Crippen molar-refractivity contribution in [3.05, 3.63) is 34.6 Å². The Morgan fingerprint density at radius 2 is 2.00 bits per heavy atom. The van der Waals surface area contributed by atoms with E-state index in [4.69, 9.17) is 17.3 Å². The lowest BCUT2D eigenvalue weighted by Gasteiger charge is -2.39.